The van der Waals surface area contributed by atoms with Gasteiger partial charge in [-0.05, 0) is 55.7 Å². The van der Waals surface area contributed by atoms with Crippen LogP contribution < -0.4 is 9.62 Å². The number of benzene rings is 2. The second-order valence-electron chi connectivity index (χ2n) is 8.69. The molecule has 3 rings (SSSR count). The molecule has 11 heteroatoms. The fourth-order valence-corrected chi connectivity index (χ4v) is 5.22. The number of halogens is 3. The predicted molar refractivity (Wildman–Crippen MR) is 135 cm³/mol. The summed E-state index contributed by atoms with van der Waals surface area (Å²) in [4.78, 5) is 27.8. The van der Waals surface area contributed by atoms with Crippen molar-refractivity contribution < 1.29 is 22.4 Å². The van der Waals surface area contributed by atoms with E-state index in [1.807, 2.05) is 0 Å². The minimum Gasteiger partial charge on any atom is -0.352 e. The van der Waals surface area contributed by atoms with Gasteiger partial charge in [-0.3, -0.25) is 13.9 Å². The lowest BCUT2D eigenvalue weighted by molar-refractivity contribution is -0.139. The molecule has 2 aromatic carbocycles. The van der Waals surface area contributed by atoms with Crippen molar-refractivity contribution in [3.05, 3.63) is 63.9 Å². The van der Waals surface area contributed by atoms with Crippen LogP contribution in [0.5, 0.6) is 0 Å². The smallest absolute Gasteiger partial charge is 0.244 e. The first-order valence-electron chi connectivity index (χ1n) is 11.2. The molecular formula is C24H28Cl2FN3O4S. The number of carbonyl (C=O) groups is 2. The molecule has 0 radical (unpaired) electrons. The van der Waals surface area contributed by atoms with E-state index in [-0.39, 0.29) is 29.2 Å². The van der Waals surface area contributed by atoms with Crippen molar-refractivity contribution in [3.63, 3.8) is 0 Å². The number of nitrogens with one attached hydrogen (secondary N) is 1. The molecular weight excluding hydrogens is 516 g/mol. The molecule has 2 amide bonds. The molecule has 7 nitrogen and oxygen atoms in total. The molecule has 35 heavy (non-hydrogen) atoms. The largest absolute Gasteiger partial charge is 0.352 e. The number of hydrogen-bond donors (Lipinski definition) is 1. The van der Waals surface area contributed by atoms with Crippen LogP contribution in [-0.4, -0.2) is 50.0 Å². The Kier molecular flexibility index (Phi) is 9.01. The van der Waals surface area contributed by atoms with Gasteiger partial charge in [-0.2, -0.15) is 0 Å². The van der Waals surface area contributed by atoms with Crippen LogP contribution in [0.25, 0.3) is 0 Å². The zero-order valence-corrected chi connectivity index (χ0v) is 21.8. The van der Waals surface area contributed by atoms with Gasteiger partial charge in [0.25, 0.3) is 0 Å². The lowest BCUT2D eigenvalue weighted by atomic mass is 10.1. The van der Waals surface area contributed by atoms with E-state index < -0.39 is 34.3 Å². The highest BCUT2D eigenvalue weighted by Gasteiger charge is 2.31. The summed E-state index contributed by atoms with van der Waals surface area (Å²) in [5.74, 6) is -1.60. The number of hydrogen-bond acceptors (Lipinski definition) is 4. The van der Waals surface area contributed by atoms with Gasteiger partial charge in [-0.15, -0.1) is 0 Å². The molecule has 0 saturated heterocycles. The maximum atomic E-state index is 13.8. The molecule has 1 saturated carbocycles. The Labute approximate surface area is 215 Å². The fourth-order valence-electron chi connectivity index (χ4n) is 4.05. The highest BCUT2D eigenvalue weighted by atomic mass is 35.5. The number of anilines is 1. The van der Waals surface area contributed by atoms with Crippen molar-refractivity contribution >= 4 is 50.7 Å². The third kappa shape index (κ3) is 7.32. The second kappa shape index (κ2) is 11.6. The Bertz CT molecular complexity index is 1190. The van der Waals surface area contributed by atoms with Crippen LogP contribution in [-0.2, 0) is 26.2 Å². The van der Waals surface area contributed by atoms with E-state index in [9.17, 15) is 22.4 Å². The SMILES string of the molecule is C[C@@H](C(=O)NC1CCCC1)N(Cc1ccc(Cl)c(Cl)c1)C(=O)CN(c1cccc(F)c1)S(C)(=O)=O. The van der Waals surface area contributed by atoms with Crippen LogP contribution in [0, 0.1) is 5.82 Å². The summed E-state index contributed by atoms with van der Waals surface area (Å²) in [5.41, 5.74) is 0.628. The van der Waals surface area contributed by atoms with E-state index in [1.165, 1.54) is 23.1 Å². The molecule has 0 spiro atoms. The minimum absolute atomic E-state index is 0.00424. The van der Waals surface area contributed by atoms with Crippen LogP contribution >= 0.6 is 23.2 Å². The van der Waals surface area contributed by atoms with Crippen molar-refractivity contribution in [3.8, 4) is 0 Å². The van der Waals surface area contributed by atoms with Crippen molar-refractivity contribution in [2.75, 3.05) is 17.1 Å². The first-order valence-corrected chi connectivity index (χ1v) is 13.8. The quantitative estimate of drug-likeness (QED) is 0.508. The maximum Gasteiger partial charge on any atom is 0.244 e. The lowest BCUT2D eigenvalue weighted by Crippen LogP contribution is -2.52. The molecule has 1 aliphatic carbocycles. The summed E-state index contributed by atoms with van der Waals surface area (Å²) in [6.45, 7) is 0.979. The van der Waals surface area contributed by atoms with Crippen LogP contribution in [0.4, 0.5) is 10.1 Å². The van der Waals surface area contributed by atoms with Gasteiger partial charge in [-0.1, -0.05) is 48.2 Å². The van der Waals surface area contributed by atoms with Gasteiger partial charge >= 0.3 is 0 Å². The van der Waals surface area contributed by atoms with Crippen molar-refractivity contribution in [1.82, 2.24) is 10.2 Å². The van der Waals surface area contributed by atoms with Crippen LogP contribution in [0.2, 0.25) is 10.0 Å². The van der Waals surface area contributed by atoms with E-state index in [0.717, 1.165) is 42.3 Å². The summed E-state index contributed by atoms with van der Waals surface area (Å²) in [6, 6.07) is 8.98. The van der Waals surface area contributed by atoms with E-state index in [2.05, 4.69) is 5.32 Å². The molecule has 0 heterocycles. The number of carbonyl (C=O) groups excluding carboxylic acids is 2. The highest BCUT2D eigenvalue weighted by Crippen LogP contribution is 2.25. The molecule has 2 aromatic rings. The normalized spacial score (nSPS) is 15.0. The summed E-state index contributed by atoms with van der Waals surface area (Å²) in [6.07, 6.45) is 4.75. The van der Waals surface area contributed by atoms with Gasteiger partial charge in [0.2, 0.25) is 21.8 Å². The van der Waals surface area contributed by atoms with Gasteiger partial charge in [-0.25, -0.2) is 12.8 Å². The average molecular weight is 544 g/mol. The Morgan fingerprint density at radius 1 is 1.11 bits per heavy atom. The zero-order valence-electron chi connectivity index (χ0n) is 19.5. The lowest BCUT2D eigenvalue weighted by Gasteiger charge is -2.32. The van der Waals surface area contributed by atoms with Crippen molar-refractivity contribution in [2.45, 2.75) is 51.2 Å². The molecule has 190 valence electrons. The molecule has 0 unspecified atom stereocenters. The van der Waals surface area contributed by atoms with E-state index >= 15 is 0 Å². The number of nitrogens with zero attached hydrogens (tertiary/aromatic N) is 2. The summed E-state index contributed by atoms with van der Waals surface area (Å²) in [5, 5.41) is 3.61. The molecule has 0 aliphatic heterocycles. The molecule has 1 fully saturated rings. The third-order valence-electron chi connectivity index (χ3n) is 5.98. The topological polar surface area (TPSA) is 86.8 Å². The van der Waals surface area contributed by atoms with Crippen molar-refractivity contribution in [1.29, 1.82) is 0 Å². The average Bonchev–Trinajstić information content (AvgIpc) is 3.29. The monoisotopic (exact) mass is 543 g/mol. The third-order valence-corrected chi connectivity index (χ3v) is 7.86. The van der Waals surface area contributed by atoms with Gasteiger partial charge in [0.05, 0.1) is 22.0 Å². The van der Waals surface area contributed by atoms with Crippen LogP contribution in [0.1, 0.15) is 38.2 Å². The summed E-state index contributed by atoms with van der Waals surface area (Å²) in [7, 11) is -3.93. The van der Waals surface area contributed by atoms with Gasteiger partial charge < -0.3 is 10.2 Å². The molecule has 0 bridgehead atoms. The Morgan fingerprint density at radius 2 is 1.80 bits per heavy atom. The number of rotatable bonds is 9. The van der Waals surface area contributed by atoms with Crippen LogP contribution in [0.15, 0.2) is 42.5 Å². The first-order chi connectivity index (χ1) is 16.5. The van der Waals surface area contributed by atoms with E-state index in [0.29, 0.717) is 10.6 Å². The zero-order chi connectivity index (χ0) is 25.8. The Hall–Kier alpha value is -2.36. The fraction of sp³-hybridized carbons (Fsp3) is 0.417. The summed E-state index contributed by atoms with van der Waals surface area (Å²) >= 11 is 12.1. The Balaban J connectivity index is 1.89. The van der Waals surface area contributed by atoms with Crippen molar-refractivity contribution in [2.24, 2.45) is 0 Å². The van der Waals surface area contributed by atoms with Gasteiger partial charge in [0.15, 0.2) is 0 Å². The van der Waals surface area contributed by atoms with E-state index in [4.69, 9.17) is 23.2 Å². The second-order valence-corrected chi connectivity index (χ2v) is 11.4. The standard InChI is InChI=1S/C24H28Cl2FN3O4S/c1-16(24(32)28-19-7-3-4-8-19)29(14-17-10-11-21(25)22(26)12-17)23(31)15-30(35(2,33)34)20-9-5-6-18(27)13-20/h5-6,9-13,16,19H,3-4,7-8,14-15H2,1-2H3,(H,28,32)/t16-/m0/s1. The molecule has 0 aromatic heterocycles. The minimum atomic E-state index is -3.93. The molecule has 1 atom stereocenters. The molecule has 1 aliphatic rings. The highest BCUT2D eigenvalue weighted by molar-refractivity contribution is 7.92. The first kappa shape index (κ1) is 27.2. The number of amides is 2. The van der Waals surface area contributed by atoms with Gasteiger partial charge in [0, 0.05) is 12.6 Å². The van der Waals surface area contributed by atoms with Gasteiger partial charge in [0.1, 0.15) is 18.4 Å². The predicted octanol–water partition coefficient (Wildman–Crippen LogP) is 4.37. The van der Waals surface area contributed by atoms with E-state index in [1.54, 1.807) is 25.1 Å². The molecule has 1 N–H and O–H groups in total. The Morgan fingerprint density at radius 3 is 2.40 bits per heavy atom. The number of sulfonamides is 1. The van der Waals surface area contributed by atoms with Crippen LogP contribution in [0.3, 0.4) is 0 Å². The maximum absolute atomic E-state index is 13.8. The summed E-state index contributed by atoms with van der Waals surface area (Å²) < 4.78 is 39.6.